The first-order valence-electron chi connectivity index (χ1n) is 8.31. The number of carbonyl (C=O) groups excluding carboxylic acids is 2. The molecule has 6 heteroatoms. The minimum absolute atomic E-state index is 0.265. The first kappa shape index (κ1) is 19.0. The van der Waals surface area contributed by atoms with Gasteiger partial charge >= 0.3 is 0 Å². The van der Waals surface area contributed by atoms with Crippen LogP contribution < -0.4 is 0 Å². The minimum Gasteiger partial charge on any atom is -0.274 e. The fraction of sp³-hybridized carbons (Fsp3) is 0.200. The Kier molecular flexibility index (Phi) is 6.07. The predicted molar refractivity (Wildman–Crippen MR) is 107 cm³/mol. The molecule has 3 nitrogen and oxygen atoms in total. The van der Waals surface area contributed by atoms with Gasteiger partial charge < -0.3 is 0 Å². The lowest BCUT2D eigenvalue weighted by atomic mass is 10.1. The summed E-state index contributed by atoms with van der Waals surface area (Å²) in [7, 11) is 0. The number of hydrogen-bond donors (Lipinski definition) is 0. The van der Waals surface area contributed by atoms with Crippen LogP contribution >= 0.6 is 35.0 Å². The maximum atomic E-state index is 13.0. The van der Waals surface area contributed by atoms with E-state index in [0.717, 1.165) is 17.7 Å². The molecule has 3 rings (SSSR count). The van der Waals surface area contributed by atoms with E-state index in [2.05, 4.69) is 0 Å². The molecule has 2 aromatic carbocycles. The van der Waals surface area contributed by atoms with Crippen molar-refractivity contribution in [2.45, 2.75) is 24.7 Å². The monoisotopic (exact) mass is 405 g/mol. The molecule has 134 valence electrons. The summed E-state index contributed by atoms with van der Waals surface area (Å²) in [6, 6.07) is 14.5. The average molecular weight is 406 g/mol. The average Bonchev–Trinajstić information content (AvgIpc) is 2.85. The van der Waals surface area contributed by atoms with Gasteiger partial charge in [-0.3, -0.25) is 14.5 Å². The molecule has 2 aromatic rings. The van der Waals surface area contributed by atoms with Crippen LogP contribution in [-0.4, -0.2) is 23.3 Å². The van der Waals surface area contributed by atoms with Crippen LogP contribution in [-0.2, 0) is 9.59 Å². The van der Waals surface area contributed by atoms with Gasteiger partial charge in [-0.05, 0) is 30.7 Å². The van der Waals surface area contributed by atoms with E-state index in [1.165, 1.54) is 16.7 Å². The molecule has 1 heterocycles. The van der Waals surface area contributed by atoms with Crippen LogP contribution in [0.2, 0.25) is 10.0 Å². The third kappa shape index (κ3) is 3.83. The Balaban J connectivity index is 2.08. The molecule has 0 radical (unpaired) electrons. The van der Waals surface area contributed by atoms with Crippen LogP contribution in [0.1, 0.15) is 25.3 Å². The van der Waals surface area contributed by atoms with Gasteiger partial charge in [0.1, 0.15) is 0 Å². The van der Waals surface area contributed by atoms with Crippen molar-refractivity contribution in [3.8, 4) is 0 Å². The third-order valence-electron chi connectivity index (χ3n) is 4.02. The molecule has 0 spiro atoms. The molecule has 0 atom stereocenters. The van der Waals surface area contributed by atoms with Gasteiger partial charge in [-0.15, -0.1) is 0 Å². The van der Waals surface area contributed by atoms with Gasteiger partial charge in [-0.25, -0.2) is 0 Å². The topological polar surface area (TPSA) is 37.4 Å². The molecule has 0 fully saturated rings. The van der Waals surface area contributed by atoms with Crippen LogP contribution in [0.4, 0.5) is 0 Å². The molecule has 26 heavy (non-hydrogen) atoms. The second kappa shape index (κ2) is 8.30. The fourth-order valence-corrected chi connectivity index (χ4v) is 4.23. The first-order valence-corrected chi connectivity index (χ1v) is 9.89. The molecular formula is C20H17Cl2NO2S. The van der Waals surface area contributed by atoms with Gasteiger partial charge in [0.2, 0.25) is 0 Å². The lowest BCUT2D eigenvalue weighted by Crippen LogP contribution is -2.32. The predicted octanol–water partition coefficient (Wildman–Crippen LogP) is 5.67. The summed E-state index contributed by atoms with van der Waals surface area (Å²) in [5.74, 6) is -0.565. The zero-order chi connectivity index (χ0) is 18.7. The van der Waals surface area contributed by atoms with Gasteiger partial charge in [-0.2, -0.15) is 0 Å². The standard InChI is InChI=1S/C20H17Cl2NO2S/c1-2-3-11-23-19(24)17(15-10-9-13(21)12-16(15)22)18(20(23)25)26-14-7-5-4-6-8-14/h4-10,12H,2-3,11H2,1H3. The highest BCUT2D eigenvalue weighted by molar-refractivity contribution is 8.04. The summed E-state index contributed by atoms with van der Waals surface area (Å²) in [5, 5.41) is 0.841. The number of nitrogens with zero attached hydrogens (tertiary/aromatic N) is 1. The van der Waals surface area contributed by atoms with E-state index in [9.17, 15) is 9.59 Å². The van der Waals surface area contributed by atoms with Crippen molar-refractivity contribution in [1.29, 1.82) is 0 Å². The third-order valence-corrected chi connectivity index (χ3v) is 5.66. The number of thioether (sulfide) groups is 1. The summed E-state index contributed by atoms with van der Waals surface area (Å²) in [4.78, 5) is 28.6. The highest BCUT2D eigenvalue weighted by Crippen LogP contribution is 2.41. The quantitative estimate of drug-likeness (QED) is 0.581. The Bertz CT molecular complexity index is 881. The normalized spacial score (nSPS) is 14.5. The fourth-order valence-electron chi connectivity index (χ4n) is 2.70. The SMILES string of the molecule is CCCCN1C(=O)C(Sc2ccccc2)=C(c2ccc(Cl)cc2Cl)C1=O. The summed E-state index contributed by atoms with van der Waals surface area (Å²) in [6.45, 7) is 2.43. The van der Waals surface area contributed by atoms with Crippen molar-refractivity contribution in [2.24, 2.45) is 0 Å². The zero-order valence-electron chi connectivity index (χ0n) is 14.2. The number of hydrogen-bond acceptors (Lipinski definition) is 3. The number of benzene rings is 2. The molecule has 0 saturated carbocycles. The van der Waals surface area contributed by atoms with E-state index in [4.69, 9.17) is 23.2 Å². The highest BCUT2D eigenvalue weighted by Gasteiger charge is 2.39. The highest BCUT2D eigenvalue weighted by atomic mass is 35.5. The molecule has 2 amide bonds. The molecule has 0 aliphatic carbocycles. The van der Waals surface area contributed by atoms with Gasteiger partial charge in [0.25, 0.3) is 11.8 Å². The maximum Gasteiger partial charge on any atom is 0.268 e. The summed E-state index contributed by atoms with van der Waals surface area (Å²) in [5.41, 5.74) is 0.883. The number of rotatable bonds is 6. The van der Waals surface area contributed by atoms with Gasteiger partial charge in [0, 0.05) is 22.0 Å². The Morgan fingerprint density at radius 3 is 2.38 bits per heavy atom. The Morgan fingerprint density at radius 2 is 1.73 bits per heavy atom. The van der Waals surface area contributed by atoms with E-state index in [0.29, 0.717) is 32.6 Å². The molecule has 0 unspecified atom stereocenters. The minimum atomic E-state index is -0.300. The second-order valence-corrected chi connectivity index (χ2v) is 7.79. The Morgan fingerprint density at radius 1 is 1.00 bits per heavy atom. The van der Waals surface area contributed by atoms with Crippen LogP contribution in [0, 0.1) is 0 Å². The van der Waals surface area contributed by atoms with Crippen molar-refractivity contribution in [1.82, 2.24) is 4.90 Å². The summed E-state index contributed by atoms with van der Waals surface area (Å²) >= 11 is 13.6. The van der Waals surface area contributed by atoms with Gasteiger partial charge in [0.05, 0.1) is 15.5 Å². The molecule has 0 saturated heterocycles. The number of amides is 2. The first-order chi connectivity index (χ1) is 12.5. The molecule has 1 aliphatic rings. The number of carbonyl (C=O) groups is 2. The van der Waals surface area contributed by atoms with Crippen molar-refractivity contribution >= 4 is 52.4 Å². The number of unbranched alkanes of at least 4 members (excludes halogenated alkanes) is 1. The van der Waals surface area contributed by atoms with E-state index < -0.39 is 0 Å². The molecule has 0 bridgehead atoms. The van der Waals surface area contributed by atoms with Crippen molar-refractivity contribution < 1.29 is 9.59 Å². The van der Waals surface area contributed by atoms with Crippen molar-refractivity contribution in [3.63, 3.8) is 0 Å². The van der Waals surface area contributed by atoms with Crippen molar-refractivity contribution in [3.05, 3.63) is 69.0 Å². The molecule has 0 aromatic heterocycles. The number of imide groups is 1. The summed E-state index contributed by atoms with van der Waals surface area (Å²) in [6.07, 6.45) is 1.66. The Labute approximate surface area is 167 Å². The maximum absolute atomic E-state index is 13.0. The van der Waals surface area contributed by atoms with Crippen LogP contribution in [0.25, 0.3) is 5.57 Å². The van der Waals surface area contributed by atoms with E-state index >= 15 is 0 Å². The van der Waals surface area contributed by atoms with Crippen LogP contribution in [0.15, 0.2) is 58.3 Å². The van der Waals surface area contributed by atoms with Crippen molar-refractivity contribution in [2.75, 3.05) is 6.54 Å². The van der Waals surface area contributed by atoms with E-state index in [-0.39, 0.29) is 11.8 Å². The molecule has 1 aliphatic heterocycles. The molecule has 0 N–H and O–H groups in total. The summed E-state index contributed by atoms with van der Waals surface area (Å²) < 4.78 is 0. The second-order valence-electron chi connectivity index (χ2n) is 5.86. The zero-order valence-corrected chi connectivity index (χ0v) is 16.5. The lowest BCUT2D eigenvalue weighted by molar-refractivity contribution is -0.136. The van der Waals surface area contributed by atoms with E-state index in [1.54, 1.807) is 18.2 Å². The smallest absolute Gasteiger partial charge is 0.268 e. The largest absolute Gasteiger partial charge is 0.274 e. The van der Waals surface area contributed by atoms with Gasteiger partial charge in [-0.1, -0.05) is 72.6 Å². The van der Waals surface area contributed by atoms with Gasteiger partial charge in [0.15, 0.2) is 0 Å². The molecular weight excluding hydrogens is 389 g/mol. The van der Waals surface area contributed by atoms with E-state index in [1.807, 2.05) is 37.3 Å². The number of halogens is 2. The Hall–Kier alpha value is -1.75. The van der Waals surface area contributed by atoms with Crippen LogP contribution in [0.5, 0.6) is 0 Å². The lowest BCUT2D eigenvalue weighted by Gasteiger charge is -2.14. The van der Waals surface area contributed by atoms with Crippen LogP contribution in [0.3, 0.4) is 0 Å².